The van der Waals surface area contributed by atoms with E-state index >= 15 is 0 Å². The Labute approximate surface area is 123 Å². The van der Waals surface area contributed by atoms with E-state index < -0.39 is 0 Å². The Hall–Kier alpha value is -1.09. The lowest BCUT2D eigenvalue weighted by Gasteiger charge is -2.27. The van der Waals surface area contributed by atoms with Gasteiger partial charge in [-0.1, -0.05) is 33.8 Å². The van der Waals surface area contributed by atoms with E-state index in [0.717, 1.165) is 17.7 Å². The summed E-state index contributed by atoms with van der Waals surface area (Å²) < 4.78 is 1.94. The third kappa shape index (κ3) is 3.95. The van der Waals surface area contributed by atoms with Crippen molar-refractivity contribution in [2.24, 2.45) is 0 Å². The molecule has 1 aromatic rings. The van der Waals surface area contributed by atoms with E-state index in [9.17, 15) is 4.79 Å². The highest BCUT2D eigenvalue weighted by atomic mass is 16.1. The van der Waals surface area contributed by atoms with Crippen LogP contribution >= 0.6 is 0 Å². The molecule has 0 amide bonds. The molecule has 0 aliphatic heterocycles. The lowest BCUT2D eigenvalue weighted by atomic mass is 9.90. The fourth-order valence-electron chi connectivity index (χ4n) is 2.28. The lowest BCUT2D eigenvalue weighted by Crippen LogP contribution is -2.35. The maximum Gasteiger partial charge on any atom is 0.255 e. The first-order chi connectivity index (χ1) is 9.18. The molecule has 114 valence electrons. The van der Waals surface area contributed by atoms with Crippen LogP contribution < -0.4 is 10.9 Å². The molecule has 0 saturated heterocycles. The molecule has 0 aromatic carbocycles. The molecule has 0 bridgehead atoms. The largest absolute Gasteiger partial charge is 0.310 e. The van der Waals surface area contributed by atoms with Gasteiger partial charge >= 0.3 is 0 Å². The van der Waals surface area contributed by atoms with E-state index in [1.807, 2.05) is 10.6 Å². The van der Waals surface area contributed by atoms with Gasteiger partial charge in [-0.3, -0.25) is 4.79 Å². The normalized spacial score (nSPS) is 13.8. The summed E-state index contributed by atoms with van der Waals surface area (Å²) in [6, 6.07) is 4.70. The highest BCUT2D eigenvalue weighted by molar-refractivity contribution is 5.22. The van der Waals surface area contributed by atoms with E-state index in [4.69, 9.17) is 0 Å². The molecule has 0 fully saturated rings. The fraction of sp³-hybridized carbons (Fsp3) is 0.706. The van der Waals surface area contributed by atoms with E-state index in [1.54, 1.807) is 0 Å². The molecule has 1 rings (SSSR count). The number of pyridine rings is 1. The number of nitrogens with zero attached hydrogens (tertiary/aromatic N) is 1. The van der Waals surface area contributed by atoms with Gasteiger partial charge in [0.1, 0.15) is 0 Å². The van der Waals surface area contributed by atoms with Crippen LogP contribution in [-0.4, -0.2) is 10.6 Å². The molecule has 1 atom stereocenters. The van der Waals surface area contributed by atoms with Gasteiger partial charge in [0.05, 0.1) is 0 Å². The van der Waals surface area contributed by atoms with E-state index in [-0.39, 0.29) is 17.0 Å². The van der Waals surface area contributed by atoms with Crippen molar-refractivity contribution in [3.8, 4) is 0 Å². The first-order valence-electron chi connectivity index (χ1n) is 7.66. The van der Waals surface area contributed by atoms with E-state index in [0.29, 0.717) is 12.6 Å². The molecule has 1 heterocycles. The number of aromatic nitrogens is 1. The van der Waals surface area contributed by atoms with Gasteiger partial charge in [0.2, 0.25) is 0 Å². The van der Waals surface area contributed by atoms with Gasteiger partial charge in [0, 0.05) is 35.3 Å². The Morgan fingerprint density at radius 1 is 1.20 bits per heavy atom. The Balaban J connectivity index is 3.20. The van der Waals surface area contributed by atoms with Crippen molar-refractivity contribution < 1.29 is 0 Å². The molecule has 0 aliphatic carbocycles. The van der Waals surface area contributed by atoms with Gasteiger partial charge < -0.3 is 9.88 Å². The van der Waals surface area contributed by atoms with Gasteiger partial charge in [-0.25, -0.2) is 0 Å². The Kier molecular flexibility index (Phi) is 5.58. The van der Waals surface area contributed by atoms with Crippen LogP contribution in [0.15, 0.2) is 16.9 Å². The van der Waals surface area contributed by atoms with Crippen LogP contribution in [0.1, 0.15) is 72.2 Å². The number of hydrogen-bond donors (Lipinski definition) is 1. The highest BCUT2D eigenvalue weighted by Crippen LogP contribution is 2.23. The molecular weight excluding hydrogens is 248 g/mol. The van der Waals surface area contributed by atoms with Crippen LogP contribution in [-0.2, 0) is 12.0 Å². The summed E-state index contributed by atoms with van der Waals surface area (Å²) in [5, 5.41) is 3.40. The smallest absolute Gasteiger partial charge is 0.255 e. The zero-order chi connectivity index (χ0) is 15.5. The van der Waals surface area contributed by atoms with Gasteiger partial charge in [-0.2, -0.15) is 0 Å². The summed E-state index contributed by atoms with van der Waals surface area (Å²) >= 11 is 0. The number of hydrogen-bond acceptors (Lipinski definition) is 2. The predicted octanol–water partition coefficient (Wildman–Crippen LogP) is 3.61. The molecule has 0 saturated carbocycles. The summed E-state index contributed by atoms with van der Waals surface area (Å²) in [7, 11) is 0. The molecule has 3 nitrogen and oxygen atoms in total. The number of rotatable bonds is 5. The maximum absolute atomic E-state index is 12.7. The molecule has 0 radical (unpaired) electrons. The number of nitrogens with one attached hydrogen (secondary N) is 1. The Morgan fingerprint density at radius 2 is 1.80 bits per heavy atom. The summed E-state index contributed by atoms with van der Waals surface area (Å²) in [5.74, 6) is 0. The molecule has 3 heteroatoms. The van der Waals surface area contributed by atoms with Crippen LogP contribution in [0, 0.1) is 0 Å². The third-order valence-electron chi connectivity index (χ3n) is 3.73. The molecule has 1 aromatic heterocycles. The zero-order valence-corrected chi connectivity index (χ0v) is 14.1. The standard InChI is InChI=1S/C17H30N2O/c1-8-13(4)18-11-14-9-10-15(17(5,6)7)19(12(2)3)16(14)20/h9-10,12-13,18H,8,11H2,1-7H3. The Morgan fingerprint density at radius 3 is 2.25 bits per heavy atom. The summed E-state index contributed by atoms with van der Waals surface area (Å²) in [4.78, 5) is 12.7. The first-order valence-corrected chi connectivity index (χ1v) is 7.66. The average molecular weight is 278 g/mol. The Bertz CT molecular complexity index is 495. The van der Waals surface area contributed by atoms with Crippen molar-refractivity contribution in [2.75, 3.05) is 0 Å². The summed E-state index contributed by atoms with van der Waals surface area (Å²) in [6.45, 7) is 15.5. The quantitative estimate of drug-likeness (QED) is 0.892. The van der Waals surface area contributed by atoms with Crippen LogP contribution in [0.25, 0.3) is 0 Å². The van der Waals surface area contributed by atoms with Gasteiger partial charge in [0.25, 0.3) is 5.56 Å². The van der Waals surface area contributed by atoms with E-state index in [1.165, 1.54) is 0 Å². The zero-order valence-electron chi connectivity index (χ0n) is 14.1. The lowest BCUT2D eigenvalue weighted by molar-refractivity contribution is 0.460. The van der Waals surface area contributed by atoms with Crippen molar-refractivity contribution in [1.82, 2.24) is 9.88 Å². The second-order valence-electron chi connectivity index (χ2n) is 6.95. The predicted molar refractivity (Wildman–Crippen MR) is 86.4 cm³/mol. The molecule has 0 spiro atoms. The summed E-state index contributed by atoms with van der Waals surface area (Å²) in [6.07, 6.45) is 1.07. The maximum atomic E-state index is 12.7. The van der Waals surface area contributed by atoms with Crippen LogP contribution in [0.4, 0.5) is 0 Å². The van der Waals surface area contributed by atoms with Crippen LogP contribution in [0.2, 0.25) is 0 Å². The second kappa shape index (κ2) is 6.57. The highest BCUT2D eigenvalue weighted by Gasteiger charge is 2.21. The first kappa shape index (κ1) is 17.0. The van der Waals surface area contributed by atoms with Crippen molar-refractivity contribution in [1.29, 1.82) is 0 Å². The molecule has 20 heavy (non-hydrogen) atoms. The topological polar surface area (TPSA) is 34.0 Å². The van der Waals surface area contributed by atoms with Crippen LogP contribution in [0.5, 0.6) is 0 Å². The second-order valence-corrected chi connectivity index (χ2v) is 6.95. The van der Waals surface area contributed by atoms with Gasteiger partial charge in [-0.15, -0.1) is 0 Å². The van der Waals surface area contributed by atoms with Crippen molar-refractivity contribution in [3.05, 3.63) is 33.7 Å². The van der Waals surface area contributed by atoms with Gasteiger partial charge in [-0.05, 0) is 33.3 Å². The summed E-state index contributed by atoms with van der Waals surface area (Å²) in [5.41, 5.74) is 2.08. The minimum atomic E-state index is -0.0217. The van der Waals surface area contributed by atoms with Crippen LogP contribution in [0.3, 0.4) is 0 Å². The SMILES string of the molecule is CCC(C)NCc1ccc(C(C)(C)C)n(C(C)C)c1=O. The van der Waals surface area contributed by atoms with Gasteiger partial charge in [0.15, 0.2) is 0 Å². The van der Waals surface area contributed by atoms with Crippen molar-refractivity contribution >= 4 is 0 Å². The van der Waals surface area contributed by atoms with Crippen molar-refractivity contribution in [2.45, 2.75) is 78.9 Å². The van der Waals surface area contributed by atoms with Crippen molar-refractivity contribution in [3.63, 3.8) is 0 Å². The third-order valence-corrected chi connectivity index (χ3v) is 3.73. The minimum Gasteiger partial charge on any atom is -0.310 e. The van der Waals surface area contributed by atoms with E-state index in [2.05, 4.69) is 59.8 Å². The molecule has 0 aliphatic rings. The molecule has 1 unspecified atom stereocenters. The molecule has 1 N–H and O–H groups in total. The fourth-order valence-corrected chi connectivity index (χ4v) is 2.28. The monoisotopic (exact) mass is 278 g/mol. The molecular formula is C17H30N2O. The minimum absolute atomic E-state index is 0.0217. The average Bonchev–Trinajstić information content (AvgIpc) is 2.34.